The molecule has 3 heterocycles. The molecule has 7 heteroatoms. The maximum atomic E-state index is 13.1. The highest BCUT2D eigenvalue weighted by Gasteiger charge is 2.41. The lowest BCUT2D eigenvalue weighted by Crippen LogP contribution is -2.33. The smallest absolute Gasteiger partial charge is 0.226 e. The molecule has 0 radical (unpaired) electrons. The summed E-state index contributed by atoms with van der Waals surface area (Å²) in [5.74, 6) is -0.0341. The number of rotatable bonds is 7. The third kappa shape index (κ3) is 4.46. The number of benzene rings is 2. The molecule has 1 amide bonds. The summed E-state index contributed by atoms with van der Waals surface area (Å²) in [7, 11) is 0. The third-order valence-electron chi connectivity index (χ3n) is 7.09. The van der Waals surface area contributed by atoms with Crippen LogP contribution in [0.5, 0.6) is 0 Å². The molecule has 36 heavy (non-hydrogen) atoms. The number of aryl methyl sites for hydroxylation is 1. The third-order valence-corrected chi connectivity index (χ3v) is 7.44. The molecule has 4 aromatic rings. The SMILES string of the molecule is CCn1c(C)cc([C@H]2[C@@H](c3ccccn3)NC(=S)N2CCC(=O)Nc2cccc3ccccc23)c1C. The molecule has 5 rings (SSSR count). The summed E-state index contributed by atoms with van der Waals surface area (Å²) in [6, 6.07) is 22.1. The van der Waals surface area contributed by atoms with Gasteiger partial charge >= 0.3 is 0 Å². The summed E-state index contributed by atoms with van der Waals surface area (Å²) in [6.07, 6.45) is 2.13. The number of pyridine rings is 1. The van der Waals surface area contributed by atoms with Crippen molar-refractivity contribution in [3.63, 3.8) is 0 Å². The number of fused-ring (bicyclic) bond motifs is 1. The Kier molecular flexibility index (Phi) is 6.74. The molecule has 184 valence electrons. The first-order valence-corrected chi connectivity index (χ1v) is 12.8. The number of nitrogens with one attached hydrogen (secondary N) is 2. The van der Waals surface area contributed by atoms with Crippen LogP contribution in [-0.4, -0.2) is 32.0 Å². The van der Waals surface area contributed by atoms with Crippen LogP contribution in [0, 0.1) is 13.8 Å². The van der Waals surface area contributed by atoms with Crippen LogP contribution in [-0.2, 0) is 11.3 Å². The molecule has 2 aromatic heterocycles. The Hall–Kier alpha value is -3.71. The molecule has 1 aliphatic heterocycles. The van der Waals surface area contributed by atoms with Gasteiger partial charge in [-0.1, -0.05) is 42.5 Å². The molecule has 0 saturated carbocycles. The van der Waals surface area contributed by atoms with Gasteiger partial charge in [0, 0.05) is 48.2 Å². The lowest BCUT2D eigenvalue weighted by molar-refractivity contribution is -0.116. The molecule has 2 N–H and O–H groups in total. The highest BCUT2D eigenvalue weighted by Crippen LogP contribution is 2.40. The van der Waals surface area contributed by atoms with Crippen molar-refractivity contribution in [2.24, 2.45) is 0 Å². The Morgan fingerprint density at radius 2 is 1.86 bits per heavy atom. The van der Waals surface area contributed by atoms with Gasteiger partial charge in [0.15, 0.2) is 5.11 Å². The van der Waals surface area contributed by atoms with Gasteiger partial charge in [-0.2, -0.15) is 0 Å². The van der Waals surface area contributed by atoms with Gasteiger partial charge in [-0.05, 0) is 68.2 Å². The summed E-state index contributed by atoms with van der Waals surface area (Å²) in [4.78, 5) is 19.8. The predicted molar refractivity (Wildman–Crippen MR) is 149 cm³/mol. The number of nitrogens with zero attached hydrogens (tertiary/aromatic N) is 3. The maximum absolute atomic E-state index is 13.1. The van der Waals surface area contributed by atoms with Crippen molar-refractivity contribution in [3.05, 3.63) is 95.6 Å². The Balaban J connectivity index is 1.40. The molecule has 0 spiro atoms. The van der Waals surface area contributed by atoms with Crippen LogP contribution < -0.4 is 10.6 Å². The molecule has 1 saturated heterocycles. The van der Waals surface area contributed by atoms with E-state index >= 15 is 0 Å². The quantitative estimate of drug-likeness (QED) is 0.322. The van der Waals surface area contributed by atoms with E-state index in [0.717, 1.165) is 28.7 Å². The number of thiocarbonyl (C=S) groups is 1. The number of anilines is 1. The number of hydrogen-bond donors (Lipinski definition) is 2. The molecule has 2 atom stereocenters. The minimum absolute atomic E-state index is 0.0341. The minimum atomic E-state index is -0.0920. The van der Waals surface area contributed by atoms with Crippen LogP contribution in [0.1, 0.15) is 48.1 Å². The van der Waals surface area contributed by atoms with E-state index in [2.05, 4.69) is 64.1 Å². The Morgan fingerprint density at radius 3 is 2.61 bits per heavy atom. The van der Waals surface area contributed by atoms with Crippen molar-refractivity contribution in [2.45, 2.75) is 45.8 Å². The molecule has 0 bridgehead atoms. The summed E-state index contributed by atoms with van der Waals surface area (Å²) in [6.45, 7) is 7.87. The van der Waals surface area contributed by atoms with Crippen molar-refractivity contribution in [1.82, 2.24) is 19.8 Å². The van der Waals surface area contributed by atoms with Crippen molar-refractivity contribution < 1.29 is 4.79 Å². The van der Waals surface area contributed by atoms with Gasteiger partial charge in [0.05, 0.1) is 17.8 Å². The van der Waals surface area contributed by atoms with E-state index < -0.39 is 0 Å². The second kappa shape index (κ2) is 10.1. The topological polar surface area (TPSA) is 62.2 Å². The van der Waals surface area contributed by atoms with Gasteiger partial charge in [-0.15, -0.1) is 0 Å². The van der Waals surface area contributed by atoms with Gasteiger partial charge in [-0.25, -0.2) is 0 Å². The van der Waals surface area contributed by atoms with E-state index in [4.69, 9.17) is 12.2 Å². The lowest BCUT2D eigenvalue weighted by atomic mass is 9.96. The maximum Gasteiger partial charge on any atom is 0.226 e. The summed E-state index contributed by atoms with van der Waals surface area (Å²) in [5, 5.41) is 9.39. The molecule has 0 aliphatic carbocycles. The summed E-state index contributed by atoms with van der Waals surface area (Å²) < 4.78 is 2.32. The molecular weight excluding hydrogens is 466 g/mol. The van der Waals surface area contributed by atoms with Crippen LogP contribution in [0.15, 0.2) is 72.9 Å². The van der Waals surface area contributed by atoms with E-state index in [1.54, 1.807) is 0 Å². The molecule has 0 unspecified atom stereocenters. The molecular formula is C29H31N5OS. The lowest BCUT2D eigenvalue weighted by Gasteiger charge is -2.28. The monoisotopic (exact) mass is 497 g/mol. The summed E-state index contributed by atoms with van der Waals surface area (Å²) in [5.41, 5.74) is 5.42. The highest BCUT2D eigenvalue weighted by atomic mass is 32.1. The van der Waals surface area contributed by atoms with Crippen molar-refractivity contribution in [2.75, 3.05) is 11.9 Å². The average Bonchev–Trinajstić information content (AvgIpc) is 3.37. The largest absolute Gasteiger partial charge is 0.352 e. The van der Waals surface area contributed by atoms with E-state index in [1.807, 2.05) is 54.7 Å². The van der Waals surface area contributed by atoms with Crippen LogP contribution in [0.3, 0.4) is 0 Å². The fourth-order valence-electron chi connectivity index (χ4n) is 5.37. The predicted octanol–water partition coefficient (Wildman–Crippen LogP) is 5.67. The van der Waals surface area contributed by atoms with E-state index in [0.29, 0.717) is 18.1 Å². The first kappa shape index (κ1) is 24.0. The number of carbonyl (C=O) groups is 1. The number of amides is 1. The summed E-state index contributed by atoms with van der Waals surface area (Å²) >= 11 is 5.80. The second-order valence-corrected chi connectivity index (χ2v) is 9.60. The van der Waals surface area contributed by atoms with Gasteiger partial charge in [0.25, 0.3) is 0 Å². The van der Waals surface area contributed by atoms with E-state index in [-0.39, 0.29) is 18.0 Å². The molecule has 2 aromatic carbocycles. The number of aromatic nitrogens is 2. The van der Waals surface area contributed by atoms with E-state index in [1.165, 1.54) is 17.0 Å². The zero-order valence-corrected chi connectivity index (χ0v) is 21.7. The van der Waals surface area contributed by atoms with Gasteiger partial charge < -0.3 is 20.1 Å². The Morgan fingerprint density at radius 1 is 1.08 bits per heavy atom. The molecule has 1 fully saturated rings. The standard InChI is InChI=1S/C29H31N5OS/c1-4-33-19(2)18-23(20(33)3)28-27(25-13-7-8-16-30-25)32-29(36)34(28)17-15-26(35)31-24-14-9-11-21-10-5-6-12-22(21)24/h5-14,16,18,27-28H,4,15,17H2,1-3H3,(H,31,35)(H,32,36)/t27-,28+/m1/s1. The molecule has 6 nitrogen and oxygen atoms in total. The van der Waals surface area contributed by atoms with Crippen LogP contribution in [0.4, 0.5) is 5.69 Å². The highest BCUT2D eigenvalue weighted by molar-refractivity contribution is 7.80. The fourth-order valence-corrected chi connectivity index (χ4v) is 5.70. The zero-order chi connectivity index (χ0) is 25.2. The van der Waals surface area contributed by atoms with Crippen molar-refractivity contribution in [1.29, 1.82) is 0 Å². The first-order chi connectivity index (χ1) is 17.5. The van der Waals surface area contributed by atoms with Gasteiger partial charge in [0.2, 0.25) is 5.91 Å². The number of hydrogen-bond acceptors (Lipinski definition) is 3. The van der Waals surface area contributed by atoms with Gasteiger partial charge in [-0.3, -0.25) is 9.78 Å². The number of carbonyl (C=O) groups excluding carboxylic acids is 1. The Bertz CT molecular complexity index is 1410. The fraction of sp³-hybridized carbons (Fsp3) is 0.276. The van der Waals surface area contributed by atoms with Gasteiger partial charge in [0.1, 0.15) is 0 Å². The zero-order valence-electron chi connectivity index (χ0n) is 20.9. The first-order valence-electron chi connectivity index (χ1n) is 12.4. The van der Waals surface area contributed by atoms with E-state index in [9.17, 15) is 4.79 Å². The van der Waals surface area contributed by atoms with Crippen LogP contribution in [0.2, 0.25) is 0 Å². The van der Waals surface area contributed by atoms with Crippen LogP contribution in [0.25, 0.3) is 10.8 Å². The Labute approximate surface area is 217 Å². The molecule has 1 aliphatic rings. The average molecular weight is 498 g/mol. The van der Waals surface area contributed by atoms with Crippen molar-refractivity contribution in [3.8, 4) is 0 Å². The normalized spacial score (nSPS) is 17.4. The van der Waals surface area contributed by atoms with Crippen molar-refractivity contribution >= 4 is 39.7 Å². The van der Waals surface area contributed by atoms with Crippen LogP contribution >= 0.6 is 12.2 Å². The second-order valence-electron chi connectivity index (χ2n) is 9.22. The minimum Gasteiger partial charge on any atom is -0.352 e.